The highest BCUT2D eigenvalue weighted by molar-refractivity contribution is 7.12. The van der Waals surface area contributed by atoms with E-state index >= 15 is 0 Å². The van der Waals surface area contributed by atoms with E-state index in [2.05, 4.69) is 30.4 Å². The summed E-state index contributed by atoms with van der Waals surface area (Å²) < 4.78 is 11.0. The van der Waals surface area contributed by atoms with Crippen LogP contribution in [-0.2, 0) is 19.4 Å². The molecule has 2 heterocycles. The number of hydrogen-bond acceptors (Lipinski definition) is 4. The molecule has 0 saturated heterocycles. The van der Waals surface area contributed by atoms with Crippen LogP contribution in [0.3, 0.4) is 0 Å². The molecule has 122 valence electrons. The molecule has 1 aliphatic heterocycles. The van der Waals surface area contributed by atoms with E-state index in [9.17, 15) is 0 Å². The number of rotatable bonds is 3. The number of hydrogen-bond donors (Lipinski definition) is 1. The number of ether oxygens (including phenoxy) is 2. The average Bonchev–Trinajstić information content (AvgIpc) is 3.03. The van der Waals surface area contributed by atoms with Gasteiger partial charge in [-0.25, -0.2) is 0 Å². The van der Waals surface area contributed by atoms with Crippen LogP contribution < -0.4 is 14.8 Å². The summed E-state index contributed by atoms with van der Waals surface area (Å²) in [7, 11) is 3.43. The summed E-state index contributed by atoms with van der Waals surface area (Å²) in [6.45, 7) is 3.26. The first-order chi connectivity index (χ1) is 11.2. The first-order valence-electron chi connectivity index (χ1n) is 8.34. The van der Waals surface area contributed by atoms with Crippen molar-refractivity contribution in [2.75, 3.05) is 14.2 Å². The number of methoxy groups -OCH3 is 2. The second-order valence-electron chi connectivity index (χ2n) is 6.35. The molecule has 0 spiro atoms. The van der Waals surface area contributed by atoms with Crippen LogP contribution in [0.1, 0.15) is 45.7 Å². The lowest BCUT2D eigenvalue weighted by atomic mass is 9.74. The summed E-state index contributed by atoms with van der Waals surface area (Å²) >= 11 is 1.96. The monoisotopic (exact) mass is 329 g/mol. The van der Waals surface area contributed by atoms with E-state index in [1.807, 2.05) is 11.3 Å². The van der Waals surface area contributed by atoms with Crippen molar-refractivity contribution in [2.24, 2.45) is 0 Å². The van der Waals surface area contributed by atoms with E-state index in [1.54, 1.807) is 14.2 Å². The van der Waals surface area contributed by atoms with Gasteiger partial charge >= 0.3 is 0 Å². The minimum Gasteiger partial charge on any atom is -0.493 e. The first-order valence-corrected chi connectivity index (χ1v) is 9.16. The van der Waals surface area contributed by atoms with Crippen LogP contribution in [0, 0.1) is 0 Å². The largest absolute Gasteiger partial charge is 0.493 e. The average molecular weight is 329 g/mol. The van der Waals surface area contributed by atoms with Gasteiger partial charge in [-0.15, -0.1) is 11.3 Å². The van der Waals surface area contributed by atoms with Crippen molar-refractivity contribution in [2.45, 2.75) is 44.7 Å². The van der Waals surface area contributed by atoms with Crippen molar-refractivity contribution in [3.63, 3.8) is 0 Å². The molecule has 4 heteroatoms. The molecular formula is C19H23NO2S. The zero-order chi connectivity index (χ0) is 16.0. The predicted molar refractivity (Wildman–Crippen MR) is 94.0 cm³/mol. The minimum absolute atomic E-state index is 0.443. The zero-order valence-electron chi connectivity index (χ0n) is 13.9. The van der Waals surface area contributed by atoms with Crippen molar-refractivity contribution >= 4 is 11.3 Å². The molecule has 3 nitrogen and oxygen atoms in total. The molecule has 0 bridgehead atoms. The van der Waals surface area contributed by atoms with Gasteiger partial charge in [-0.05, 0) is 54.2 Å². The lowest BCUT2D eigenvalue weighted by molar-refractivity contribution is 0.349. The van der Waals surface area contributed by atoms with Crippen LogP contribution in [-0.4, -0.2) is 20.3 Å². The molecule has 1 aliphatic carbocycles. The maximum Gasteiger partial charge on any atom is 0.161 e. The molecule has 4 rings (SSSR count). The van der Waals surface area contributed by atoms with Gasteiger partial charge in [0.2, 0.25) is 0 Å². The van der Waals surface area contributed by atoms with Crippen molar-refractivity contribution in [1.29, 1.82) is 0 Å². The second kappa shape index (κ2) is 5.84. The number of fused-ring (bicyclic) bond motifs is 5. The maximum atomic E-state index is 5.55. The maximum absolute atomic E-state index is 5.55. The molecule has 2 atom stereocenters. The van der Waals surface area contributed by atoms with Crippen LogP contribution >= 0.6 is 11.3 Å². The summed E-state index contributed by atoms with van der Waals surface area (Å²) in [5.41, 5.74) is 4.35. The third-order valence-electron chi connectivity index (χ3n) is 5.21. The summed E-state index contributed by atoms with van der Waals surface area (Å²) in [4.78, 5) is 3.00. The fourth-order valence-electron chi connectivity index (χ4n) is 4.04. The molecular weight excluding hydrogens is 306 g/mol. The topological polar surface area (TPSA) is 30.5 Å². The van der Waals surface area contributed by atoms with Gasteiger partial charge in [0.1, 0.15) is 0 Å². The number of aryl methyl sites for hydroxylation is 2. The van der Waals surface area contributed by atoms with E-state index in [0.717, 1.165) is 30.9 Å². The highest BCUT2D eigenvalue weighted by Gasteiger charge is 2.36. The van der Waals surface area contributed by atoms with Crippen LogP contribution in [0.5, 0.6) is 11.5 Å². The Bertz CT molecular complexity index is 737. The molecule has 1 aromatic heterocycles. The molecule has 0 saturated carbocycles. The van der Waals surface area contributed by atoms with Crippen molar-refractivity contribution < 1.29 is 9.47 Å². The van der Waals surface area contributed by atoms with E-state index in [-0.39, 0.29) is 0 Å². The highest BCUT2D eigenvalue weighted by Crippen LogP contribution is 2.46. The first kappa shape index (κ1) is 15.0. The Morgan fingerprint density at radius 2 is 1.91 bits per heavy atom. The predicted octanol–water partition coefficient (Wildman–Crippen LogP) is 3.88. The third kappa shape index (κ3) is 2.36. The fourth-order valence-corrected chi connectivity index (χ4v) is 5.15. The highest BCUT2D eigenvalue weighted by atomic mass is 32.1. The minimum atomic E-state index is 0.443. The Morgan fingerprint density at radius 3 is 2.65 bits per heavy atom. The van der Waals surface area contributed by atoms with Crippen molar-refractivity contribution in [1.82, 2.24) is 5.32 Å². The summed E-state index contributed by atoms with van der Waals surface area (Å²) in [5.74, 6) is 2.12. The van der Waals surface area contributed by atoms with Gasteiger partial charge in [0.05, 0.1) is 14.2 Å². The number of nitrogens with one attached hydrogen (secondary N) is 1. The molecule has 0 fully saturated rings. The van der Waals surface area contributed by atoms with E-state index in [1.165, 1.54) is 32.9 Å². The lowest BCUT2D eigenvalue weighted by Crippen LogP contribution is -2.42. The summed E-state index contributed by atoms with van der Waals surface area (Å²) in [6.07, 6.45) is 3.40. The van der Waals surface area contributed by atoms with Crippen LogP contribution in [0.25, 0.3) is 0 Å². The Balaban J connectivity index is 1.86. The molecule has 0 amide bonds. The normalized spacial score (nSPS) is 22.0. The van der Waals surface area contributed by atoms with Gasteiger partial charge in [0.25, 0.3) is 0 Å². The molecule has 2 aromatic rings. The number of thiophene rings is 1. The smallest absolute Gasteiger partial charge is 0.161 e. The van der Waals surface area contributed by atoms with Gasteiger partial charge < -0.3 is 14.8 Å². The van der Waals surface area contributed by atoms with Gasteiger partial charge in [0.15, 0.2) is 11.5 Å². The lowest BCUT2D eigenvalue weighted by Gasteiger charge is -2.38. The van der Waals surface area contributed by atoms with Gasteiger partial charge in [-0.2, -0.15) is 0 Å². The van der Waals surface area contributed by atoms with Crippen molar-refractivity contribution in [3.8, 4) is 11.5 Å². The molecule has 23 heavy (non-hydrogen) atoms. The molecule has 0 unspecified atom stereocenters. The Kier molecular flexibility index (Phi) is 3.82. The van der Waals surface area contributed by atoms with E-state index in [4.69, 9.17) is 9.47 Å². The van der Waals surface area contributed by atoms with Gasteiger partial charge in [0, 0.05) is 28.3 Å². The Labute approximate surface area is 141 Å². The van der Waals surface area contributed by atoms with Crippen LogP contribution in [0.4, 0.5) is 0 Å². The van der Waals surface area contributed by atoms with E-state index < -0.39 is 0 Å². The van der Waals surface area contributed by atoms with Gasteiger partial charge in [-0.3, -0.25) is 0 Å². The van der Waals surface area contributed by atoms with Crippen molar-refractivity contribution in [3.05, 3.63) is 44.6 Å². The molecule has 1 aromatic carbocycles. The second-order valence-corrected chi connectivity index (χ2v) is 7.58. The summed E-state index contributed by atoms with van der Waals surface area (Å²) in [6, 6.07) is 7.34. The fraction of sp³-hybridized carbons (Fsp3) is 0.474. The quantitative estimate of drug-likeness (QED) is 0.927. The van der Waals surface area contributed by atoms with Gasteiger partial charge in [-0.1, -0.05) is 6.92 Å². The van der Waals surface area contributed by atoms with E-state index in [0.29, 0.717) is 12.0 Å². The van der Waals surface area contributed by atoms with Crippen LogP contribution in [0.2, 0.25) is 0 Å². The third-order valence-corrected chi connectivity index (χ3v) is 6.50. The SMILES string of the molecule is CCc1cc2c(s1)CN[C@H]1CCc3cc(OC)c(OC)cc3[C@H]21. The molecule has 2 aliphatic rings. The standard InChI is InChI=1S/C19H23NO2S/c1-4-12-8-14-18(23-12)10-20-15-6-5-11-7-16(21-2)17(22-3)9-13(11)19(14)15/h7-9,15,19-20H,4-6,10H2,1-3H3/t15-,19+/m0/s1. The number of benzene rings is 1. The van der Waals surface area contributed by atoms with Crippen LogP contribution in [0.15, 0.2) is 18.2 Å². The zero-order valence-corrected chi connectivity index (χ0v) is 14.8. The molecule has 1 N–H and O–H groups in total. The molecule has 0 radical (unpaired) electrons. The Hall–Kier alpha value is -1.52. The summed E-state index contributed by atoms with van der Waals surface area (Å²) in [5, 5.41) is 3.76. The Morgan fingerprint density at radius 1 is 1.13 bits per heavy atom.